The molecule has 6 nitrogen and oxygen atoms in total. The van der Waals surface area contributed by atoms with Crippen molar-refractivity contribution in [2.75, 3.05) is 26.2 Å². The van der Waals surface area contributed by atoms with Gasteiger partial charge in [-0.15, -0.1) is 0 Å². The molecule has 3 aliphatic rings. The van der Waals surface area contributed by atoms with Crippen molar-refractivity contribution in [3.05, 3.63) is 64.7 Å². The fraction of sp³-hybridized carbons (Fsp3) is 0.462. The molecule has 2 amide bonds. The van der Waals surface area contributed by atoms with Gasteiger partial charge in [-0.3, -0.25) is 9.59 Å². The molecule has 0 bridgehead atoms. The molecule has 3 heterocycles. The van der Waals surface area contributed by atoms with Crippen LogP contribution in [0.2, 0.25) is 5.02 Å². The summed E-state index contributed by atoms with van der Waals surface area (Å²) in [7, 11) is 0. The monoisotopic (exact) mass is 468 g/mol. The SMILES string of the molecule is O=C1CCCN1Cc1cccc(C(=O)N2CCC[C@]3(C[C@@H](Oc4cccc(Cl)c4)CO3)C2)c1. The van der Waals surface area contributed by atoms with Crippen molar-refractivity contribution in [1.82, 2.24) is 9.80 Å². The molecule has 0 radical (unpaired) electrons. The van der Waals surface area contributed by atoms with Crippen LogP contribution >= 0.6 is 11.6 Å². The summed E-state index contributed by atoms with van der Waals surface area (Å²) in [5, 5.41) is 0.645. The van der Waals surface area contributed by atoms with Crippen molar-refractivity contribution in [2.24, 2.45) is 0 Å². The molecule has 3 saturated heterocycles. The summed E-state index contributed by atoms with van der Waals surface area (Å²) in [5.74, 6) is 0.953. The third-order valence-electron chi connectivity index (χ3n) is 6.82. The molecular weight excluding hydrogens is 440 g/mol. The molecule has 0 aromatic heterocycles. The van der Waals surface area contributed by atoms with Crippen molar-refractivity contribution in [1.29, 1.82) is 0 Å². The largest absolute Gasteiger partial charge is 0.488 e. The van der Waals surface area contributed by atoms with Crippen LogP contribution in [-0.4, -0.2) is 59.6 Å². The predicted molar refractivity (Wildman–Crippen MR) is 125 cm³/mol. The third-order valence-corrected chi connectivity index (χ3v) is 7.05. The molecule has 0 unspecified atom stereocenters. The lowest BCUT2D eigenvalue weighted by Crippen LogP contribution is -2.50. The quantitative estimate of drug-likeness (QED) is 0.656. The van der Waals surface area contributed by atoms with E-state index in [1.54, 1.807) is 0 Å². The van der Waals surface area contributed by atoms with Crippen LogP contribution in [0.5, 0.6) is 5.75 Å². The number of carbonyl (C=O) groups excluding carboxylic acids is 2. The molecule has 0 aliphatic carbocycles. The number of likely N-dealkylation sites (tertiary alicyclic amines) is 2. The smallest absolute Gasteiger partial charge is 0.253 e. The Balaban J connectivity index is 1.23. The molecular formula is C26H29ClN2O4. The molecule has 3 aliphatic heterocycles. The molecule has 33 heavy (non-hydrogen) atoms. The van der Waals surface area contributed by atoms with Crippen LogP contribution in [0.4, 0.5) is 0 Å². The van der Waals surface area contributed by atoms with E-state index in [2.05, 4.69) is 0 Å². The summed E-state index contributed by atoms with van der Waals surface area (Å²) >= 11 is 6.08. The molecule has 7 heteroatoms. The van der Waals surface area contributed by atoms with E-state index < -0.39 is 0 Å². The van der Waals surface area contributed by atoms with Gasteiger partial charge in [-0.25, -0.2) is 0 Å². The minimum atomic E-state index is -0.364. The lowest BCUT2D eigenvalue weighted by molar-refractivity contribution is -0.128. The molecule has 3 fully saturated rings. The number of benzene rings is 2. The van der Waals surface area contributed by atoms with E-state index in [-0.39, 0.29) is 23.5 Å². The Morgan fingerprint density at radius 3 is 2.85 bits per heavy atom. The van der Waals surface area contributed by atoms with Crippen molar-refractivity contribution >= 4 is 23.4 Å². The molecule has 5 rings (SSSR count). The lowest BCUT2D eigenvalue weighted by atomic mass is 9.89. The van der Waals surface area contributed by atoms with Gasteiger partial charge in [0.05, 0.1) is 18.8 Å². The zero-order valence-electron chi connectivity index (χ0n) is 18.7. The van der Waals surface area contributed by atoms with E-state index >= 15 is 0 Å². The summed E-state index contributed by atoms with van der Waals surface area (Å²) in [4.78, 5) is 29.1. The maximum absolute atomic E-state index is 13.3. The van der Waals surface area contributed by atoms with Gasteiger partial charge in [0.1, 0.15) is 11.9 Å². The molecule has 0 N–H and O–H groups in total. The van der Waals surface area contributed by atoms with Gasteiger partial charge in [0.25, 0.3) is 5.91 Å². The number of nitrogens with zero attached hydrogens (tertiary/aromatic N) is 2. The van der Waals surface area contributed by atoms with Crippen LogP contribution in [0.1, 0.15) is 48.0 Å². The Morgan fingerprint density at radius 2 is 2.03 bits per heavy atom. The maximum Gasteiger partial charge on any atom is 0.253 e. The zero-order chi connectivity index (χ0) is 22.8. The molecule has 0 saturated carbocycles. The molecule has 1 spiro atoms. The van der Waals surface area contributed by atoms with Crippen LogP contribution in [0, 0.1) is 0 Å². The van der Waals surface area contributed by atoms with Gasteiger partial charge in [0, 0.05) is 43.1 Å². The number of hydrogen-bond acceptors (Lipinski definition) is 4. The van der Waals surface area contributed by atoms with Gasteiger partial charge in [0.15, 0.2) is 0 Å². The zero-order valence-corrected chi connectivity index (χ0v) is 19.4. The highest BCUT2D eigenvalue weighted by atomic mass is 35.5. The first-order chi connectivity index (χ1) is 16.0. The Labute approximate surface area is 199 Å². The Kier molecular flexibility index (Phi) is 6.30. The lowest BCUT2D eigenvalue weighted by Gasteiger charge is -2.39. The van der Waals surface area contributed by atoms with E-state index in [0.29, 0.717) is 36.7 Å². The van der Waals surface area contributed by atoms with Gasteiger partial charge in [-0.1, -0.05) is 29.8 Å². The standard InChI is InChI=1S/C26H29ClN2O4/c27-21-7-2-8-22(14-21)33-23-15-26(32-17-23)10-4-12-29(18-26)25(31)20-6-1-5-19(13-20)16-28-11-3-9-24(28)30/h1-2,5-8,13-14,23H,3-4,9-12,15-18H2/t23-,26+/m1/s1. The summed E-state index contributed by atoms with van der Waals surface area (Å²) < 4.78 is 12.3. The first-order valence-corrected chi connectivity index (χ1v) is 12.1. The van der Waals surface area contributed by atoms with Gasteiger partial charge >= 0.3 is 0 Å². The first kappa shape index (κ1) is 22.2. The molecule has 2 aromatic carbocycles. The fourth-order valence-electron chi connectivity index (χ4n) is 5.24. The average Bonchev–Trinajstić information content (AvgIpc) is 3.39. The second-order valence-electron chi connectivity index (χ2n) is 9.34. The fourth-order valence-corrected chi connectivity index (χ4v) is 5.42. The van der Waals surface area contributed by atoms with Crippen LogP contribution in [0.25, 0.3) is 0 Å². The molecule has 2 atom stereocenters. The minimum Gasteiger partial charge on any atom is -0.488 e. The van der Waals surface area contributed by atoms with Crippen LogP contribution < -0.4 is 4.74 Å². The summed E-state index contributed by atoms with van der Waals surface area (Å²) in [6.45, 7) is 3.15. The predicted octanol–water partition coefficient (Wildman–Crippen LogP) is 4.31. The van der Waals surface area contributed by atoms with Crippen LogP contribution in [0.3, 0.4) is 0 Å². The topological polar surface area (TPSA) is 59.1 Å². The van der Waals surface area contributed by atoms with Crippen LogP contribution in [-0.2, 0) is 16.1 Å². The van der Waals surface area contributed by atoms with E-state index in [1.165, 1.54) is 0 Å². The van der Waals surface area contributed by atoms with Gasteiger partial charge < -0.3 is 19.3 Å². The van der Waals surface area contributed by atoms with E-state index in [0.717, 1.165) is 50.1 Å². The second-order valence-corrected chi connectivity index (χ2v) is 9.78. The first-order valence-electron chi connectivity index (χ1n) is 11.7. The number of amides is 2. The van der Waals surface area contributed by atoms with E-state index in [1.807, 2.05) is 58.3 Å². The highest BCUT2D eigenvalue weighted by Gasteiger charge is 2.45. The van der Waals surface area contributed by atoms with Gasteiger partial charge in [0.2, 0.25) is 5.91 Å². The number of piperidine rings is 1. The molecule has 174 valence electrons. The number of halogens is 1. The summed E-state index contributed by atoms with van der Waals surface area (Å²) in [6.07, 6.45) is 4.05. The van der Waals surface area contributed by atoms with E-state index in [9.17, 15) is 9.59 Å². The van der Waals surface area contributed by atoms with Crippen molar-refractivity contribution in [3.8, 4) is 5.75 Å². The normalized spacial score (nSPS) is 25.1. The Morgan fingerprint density at radius 1 is 1.15 bits per heavy atom. The second kappa shape index (κ2) is 9.35. The Hall–Kier alpha value is -2.57. The number of rotatable bonds is 5. The highest BCUT2D eigenvalue weighted by Crippen LogP contribution is 2.37. The highest BCUT2D eigenvalue weighted by molar-refractivity contribution is 6.30. The Bertz CT molecular complexity index is 1040. The van der Waals surface area contributed by atoms with Crippen LogP contribution in [0.15, 0.2) is 48.5 Å². The van der Waals surface area contributed by atoms with Gasteiger partial charge in [-0.05, 0) is 55.2 Å². The number of hydrogen-bond donors (Lipinski definition) is 0. The number of ether oxygens (including phenoxy) is 2. The van der Waals surface area contributed by atoms with Crippen molar-refractivity contribution in [3.63, 3.8) is 0 Å². The summed E-state index contributed by atoms with van der Waals surface area (Å²) in [5.41, 5.74) is 1.30. The molecule has 2 aromatic rings. The van der Waals surface area contributed by atoms with Crippen molar-refractivity contribution < 1.29 is 19.1 Å². The summed E-state index contributed by atoms with van der Waals surface area (Å²) in [6, 6.07) is 15.1. The average molecular weight is 469 g/mol. The van der Waals surface area contributed by atoms with Crippen molar-refractivity contribution in [2.45, 2.75) is 50.4 Å². The number of carbonyl (C=O) groups is 2. The van der Waals surface area contributed by atoms with E-state index in [4.69, 9.17) is 21.1 Å². The maximum atomic E-state index is 13.3. The van der Waals surface area contributed by atoms with Gasteiger partial charge in [-0.2, -0.15) is 0 Å². The third kappa shape index (κ3) is 5.02. The minimum absolute atomic E-state index is 0.0199.